The van der Waals surface area contributed by atoms with E-state index in [1.54, 1.807) is 6.07 Å². The third-order valence-electron chi connectivity index (χ3n) is 4.41. The molecular formula is C18H20N4O2. The Bertz CT molecular complexity index is 922. The zero-order valence-electron chi connectivity index (χ0n) is 13.3. The molecule has 1 aromatic carbocycles. The Morgan fingerprint density at radius 2 is 2.00 bits per heavy atom. The molecule has 0 unspecified atom stereocenters. The van der Waals surface area contributed by atoms with Crippen molar-refractivity contribution in [3.8, 4) is 11.3 Å². The Labute approximate surface area is 139 Å². The number of H-pyrrole nitrogens is 2. The summed E-state index contributed by atoms with van der Waals surface area (Å²) in [5, 5.41) is 1.09. The van der Waals surface area contributed by atoms with Gasteiger partial charge in [0, 0.05) is 42.4 Å². The van der Waals surface area contributed by atoms with Crippen LogP contribution >= 0.6 is 0 Å². The number of nitrogen functional groups attached to an aromatic ring is 1. The molecule has 3 aromatic rings. The van der Waals surface area contributed by atoms with Gasteiger partial charge in [-0.05, 0) is 29.8 Å². The number of nitrogens with one attached hydrogen (secondary N) is 2. The molecule has 2 aromatic heterocycles. The molecule has 0 bridgehead atoms. The monoisotopic (exact) mass is 324 g/mol. The zero-order chi connectivity index (χ0) is 16.5. The quantitative estimate of drug-likeness (QED) is 0.687. The summed E-state index contributed by atoms with van der Waals surface area (Å²) in [5.41, 5.74) is 9.79. The number of aromatic nitrogens is 2. The van der Waals surface area contributed by atoms with Crippen LogP contribution in [0.25, 0.3) is 22.2 Å². The highest BCUT2D eigenvalue weighted by atomic mass is 16.5. The first-order valence-electron chi connectivity index (χ1n) is 8.09. The van der Waals surface area contributed by atoms with Gasteiger partial charge in [-0.15, -0.1) is 0 Å². The van der Waals surface area contributed by atoms with Crippen molar-refractivity contribution in [2.45, 2.75) is 6.54 Å². The number of hydrogen-bond acceptors (Lipinski definition) is 4. The van der Waals surface area contributed by atoms with E-state index in [0.29, 0.717) is 11.3 Å². The largest absolute Gasteiger partial charge is 0.398 e. The predicted molar refractivity (Wildman–Crippen MR) is 94.9 cm³/mol. The highest BCUT2D eigenvalue weighted by Crippen LogP contribution is 2.24. The second kappa shape index (κ2) is 6.14. The van der Waals surface area contributed by atoms with Crippen molar-refractivity contribution in [3.63, 3.8) is 0 Å². The van der Waals surface area contributed by atoms with Crippen LogP contribution in [0.2, 0.25) is 0 Å². The van der Waals surface area contributed by atoms with Crippen LogP contribution < -0.4 is 11.3 Å². The lowest BCUT2D eigenvalue weighted by molar-refractivity contribution is 0.0342. The number of pyridine rings is 1. The molecule has 0 amide bonds. The van der Waals surface area contributed by atoms with E-state index >= 15 is 0 Å². The molecule has 24 heavy (non-hydrogen) atoms. The Hall–Kier alpha value is -2.57. The first kappa shape index (κ1) is 15.0. The number of anilines is 1. The van der Waals surface area contributed by atoms with E-state index in [2.05, 4.69) is 33.1 Å². The number of ether oxygens (including phenoxy) is 1. The van der Waals surface area contributed by atoms with Gasteiger partial charge in [0.2, 0.25) is 0 Å². The van der Waals surface area contributed by atoms with Crippen LogP contribution in [0.4, 0.5) is 5.69 Å². The Balaban J connectivity index is 1.65. The number of nitrogens with two attached hydrogens (primary N) is 1. The van der Waals surface area contributed by atoms with E-state index in [1.807, 2.05) is 6.07 Å². The normalized spacial score (nSPS) is 15.8. The fourth-order valence-electron chi connectivity index (χ4n) is 3.14. The van der Waals surface area contributed by atoms with Gasteiger partial charge in [-0.3, -0.25) is 9.69 Å². The van der Waals surface area contributed by atoms with Crippen LogP contribution in [0.15, 0.2) is 41.3 Å². The molecule has 0 radical (unpaired) electrons. The van der Waals surface area contributed by atoms with Crippen LogP contribution in [0.3, 0.4) is 0 Å². The van der Waals surface area contributed by atoms with Crippen LogP contribution in [0.1, 0.15) is 5.56 Å². The number of nitrogens with zero attached hydrogens (tertiary/aromatic N) is 1. The van der Waals surface area contributed by atoms with Gasteiger partial charge in [-0.2, -0.15) is 0 Å². The van der Waals surface area contributed by atoms with Crippen molar-refractivity contribution in [1.82, 2.24) is 14.9 Å². The van der Waals surface area contributed by atoms with Gasteiger partial charge in [0.05, 0.1) is 24.5 Å². The maximum Gasteiger partial charge on any atom is 0.257 e. The molecule has 1 aliphatic heterocycles. The average Bonchev–Trinajstić information content (AvgIpc) is 3.01. The number of morpholine rings is 1. The predicted octanol–water partition coefficient (Wildman–Crippen LogP) is 1.94. The first-order valence-corrected chi connectivity index (χ1v) is 8.09. The Morgan fingerprint density at radius 1 is 1.17 bits per heavy atom. The van der Waals surface area contributed by atoms with Crippen molar-refractivity contribution >= 4 is 16.6 Å². The van der Waals surface area contributed by atoms with Crippen molar-refractivity contribution in [3.05, 3.63) is 52.4 Å². The molecule has 3 heterocycles. The summed E-state index contributed by atoms with van der Waals surface area (Å²) >= 11 is 0. The summed E-state index contributed by atoms with van der Waals surface area (Å²) in [6, 6.07) is 10.1. The maximum atomic E-state index is 12.0. The standard InChI is InChI=1S/C18H20N4O2/c19-14-9-15(18(23)20-10-14)17-8-13-7-12(1-2-16(13)21-17)11-22-3-5-24-6-4-22/h1-2,7-10,21H,3-6,11,19H2,(H,20,23). The molecule has 1 aliphatic rings. The Morgan fingerprint density at radius 3 is 2.83 bits per heavy atom. The average molecular weight is 324 g/mol. The second-order valence-electron chi connectivity index (χ2n) is 6.17. The van der Waals surface area contributed by atoms with Crippen molar-refractivity contribution < 1.29 is 4.74 Å². The van der Waals surface area contributed by atoms with Gasteiger partial charge in [0.15, 0.2) is 0 Å². The molecule has 6 nitrogen and oxygen atoms in total. The van der Waals surface area contributed by atoms with Crippen LogP contribution in [0, 0.1) is 0 Å². The van der Waals surface area contributed by atoms with Gasteiger partial charge >= 0.3 is 0 Å². The molecule has 1 fully saturated rings. The summed E-state index contributed by atoms with van der Waals surface area (Å²) in [7, 11) is 0. The third-order valence-corrected chi connectivity index (χ3v) is 4.41. The molecule has 0 saturated carbocycles. The van der Waals surface area contributed by atoms with E-state index in [4.69, 9.17) is 10.5 Å². The smallest absolute Gasteiger partial charge is 0.257 e. The van der Waals surface area contributed by atoms with E-state index in [1.165, 1.54) is 11.8 Å². The number of hydrogen-bond donors (Lipinski definition) is 3. The maximum absolute atomic E-state index is 12.0. The molecular weight excluding hydrogens is 304 g/mol. The lowest BCUT2D eigenvalue weighted by Crippen LogP contribution is -2.35. The lowest BCUT2D eigenvalue weighted by Gasteiger charge is -2.26. The fraction of sp³-hybridized carbons (Fsp3) is 0.278. The highest BCUT2D eigenvalue weighted by Gasteiger charge is 2.12. The van der Waals surface area contributed by atoms with E-state index in [0.717, 1.165) is 49.4 Å². The van der Waals surface area contributed by atoms with Gasteiger partial charge in [0.25, 0.3) is 5.56 Å². The topological polar surface area (TPSA) is 87.1 Å². The molecule has 124 valence electrons. The van der Waals surface area contributed by atoms with Crippen molar-refractivity contribution in [2.75, 3.05) is 32.0 Å². The van der Waals surface area contributed by atoms with Crippen molar-refractivity contribution in [1.29, 1.82) is 0 Å². The van der Waals surface area contributed by atoms with Gasteiger partial charge in [0.1, 0.15) is 0 Å². The molecule has 1 saturated heterocycles. The number of fused-ring (bicyclic) bond motifs is 1. The van der Waals surface area contributed by atoms with Gasteiger partial charge in [-0.25, -0.2) is 0 Å². The number of rotatable bonds is 3. The summed E-state index contributed by atoms with van der Waals surface area (Å²) < 4.78 is 5.39. The van der Waals surface area contributed by atoms with Gasteiger partial charge < -0.3 is 20.4 Å². The van der Waals surface area contributed by atoms with Crippen LogP contribution in [-0.2, 0) is 11.3 Å². The minimum atomic E-state index is -0.149. The van der Waals surface area contributed by atoms with E-state index < -0.39 is 0 Å². The summed E-state index contributed by atoms with van der Waals surface area (Å²) in [6.07, 6.45) is 1.51. The molecule has 4 rings (SSSR count). The molecule has 0 atom stereocenters. The highest BCUT2D eigenvalue weighted by molar-refractivity contribution is 5.86. The molecule has 4 N–H and O–H groups in total. The minimum Gasteiger partial charge on any atom is -0.398 e. The second-order valence-corrected chi connectivity index (χ2v) is 6.17. The molecule has 0 spiro atoms. The summed E-state index contributed by atoms with van der Waals surface area (Å²) in [6.45, 7) is 4.45. The zero-order valence-corrected chi connectivity index (χ0v) is 13.3. The number of benzene rings is 1. The van der Waals surface area contributed by atoms with Crippen LogP contribution in [0.5, 0.6) is 0 Å². The van der Waals surface area contributed by atoms with Gasteiger partial charge in [-0.1, -0.05) is 6.07 Å². The van der Waals surface area contributed by atoms with Crippen molar-refractivity contribution in [2.24, 2.45) is 0 Å². The summed E-state index contributed by atoms with van der Waals surface area (Å²) in [5.74, 6) is 0. The Kier molecular flexibility index (Phi) is 3.84. The molecule has 0 aliphatic carbocycles. The fourth-order valence-corrected chi connectivity index (χ4v) is 3.14. The third kappa shape index (κ3) is 2.93. The summed E-state index contributed by atoms with van der Waals surface area (Å²) in [4.78, 5) is 20.4. The SMILES string of the molecule is Nc1c[nH]c(=O)c(-c2cc3cc(CN4CCOCC4)ccc3[nH]2)c1. The van der Waals surface area contributed by atoms with E-state index in [9.17, 15) is 4.79 Å². The molecule has 6 heteroatoms. The minimum absolute atomic E-state index is 0.149. The number of aromatic amines is 2. The van der Waals surface area contributed by atoms with E-state index in [-0.39, 0.29) is 5.56 Å². The first-order chi connectivity index (χ1) is 11.7. The lowest BCUT2D eigenvalue weighted by atomic mass is 10.1. The van der Waals surface area contributed by atoms with Crippen LogP contribution in [-0.4, -0.2) is 41.2 Å².